The molecule has 2 amide bonds. The molecule has 0 spiro atoms. The molecule has 1 aromatic carbocycles. The number of aromatic nitrogens is 1. The van der Waals surface area contributed by atoms with Crippen molar-refractivity contribution in [3.05, 3.63) is 48.0 Å². The van der Waals surface area contributed by atoms with Crippen LogP contribution in [0.3, 0.4) is 0 Å². The second-order valence-corrected chi connectivity index (χ2v) is 4.99. The van der Waals surface area contributed by atoms with Gasteiger partial charge in [0, 0.05) is 12.6 Å². The number of hydrogen-bond donors (Lipinski definition) is 1. The molecule has 0 saturated carbocycles. The van der Waals surface area contributed by atoms with Crippen molar-refractivity contribution in [3.8, 4) is 0 Å². The number of nitrogens with zero attached hydrogens (tertiary/aromatic N) is 2. The second-order valence-electron chi connectivity index (χ2n) is 4.99. The number of benzene rings is 1. The van der Waals surface area contributed by atoms with Crippen LogP contribution < -0.4 is 5.32 Å². The average Bonchev–Trinajstić information content (AvgIpc) is 3.04. The normalized spacial score (nSPS) is 10.3. The van der Waals surface area contributed by atoms with Gasteiger partial charge in [-0.3, -0.25) is 9.59 Å². The maximum Gasteiger partial charge on any atom is 0.257 e. The quantitative estimate of drug-likeness (QED) is 0.851. The summed E-state index contributed by atoms with van der Waals surface area (Å²) < 4.78 is 18.4. The number of hydrogen-bond acceptors (Lipinski definition) is 4. The number of anilines is 1. The highest BCUT2D eigenvalue weighted by Crippen LogP contribution is 2.11. The van der Waals surface area contributed by atoms with Gasteiger partial charge in [-0.25, -0.2) is 4.39 Å². The summed E-state index contributed by atoms with van der Waals surface area (Å²) in [5.41, 5.74) is -0.0437. The van der Waals surface area contributed by atoms with Crippen LogP contribution >= 0.6 is 0 Å². The number of halogens is 1. The van der Waals surface area contributed by atoms with Gasteiger partial charge in [0.05, 0.1) is 5.56 Å². The first-order valence-corrected chi connectivity index (χ1v) is 7.36. The highest BCUT2D eigenvalue weighted by Gasteiger charge is 2.21. The zero-order valence-corrected chi connectivity index (χ0v) is 12.8. The molecule has 2 aromatic rings. The van der Waals surface area contributed by atoms with Crippen LogP contribution in [0.2, 0.25) is 0 Å². The molecule has 0 aliphatic heterocycles. The maximum atomic E-state index is 13.8. The predicted octanol–water partition coefficient (Wildman–Crippen LogP) is 2.69. The van der Waals surface area contributed by atoms with Crippen LogP contribution in [-0.4, -0.2) is 35.0 Å². The molecule has 0 saturated heterocycles. The fraction of sp³-hybridized carbons (Fsp3) is 0.312. The summed E-state index contributed by atoms with van der Waals surface area (Å²) in [7, 11) is 0. The number of carbonyl (C=O) groups excluding carboxylic acids is 2. The molecule has 2 rings (SSSR count). The van der Waals surface area contributed by atoms with E-state index >= 15 is 0 Å². The zero-order valence-electron chi connectivity index (χ0n) is 12.8. The van der Waals surface area contributed by atoms with Crippen molar-refractivity contribution in [1.29, 1.82) is 0 Å². The monoisotopic (exact) mass is 319 g/mol. The lowest BCUT2D eigenvalue weighted by molar-refractivity contribution is -0.117. The fourth-order valence-corrected chi connectivity index (χ4v) is 2.04. The lowest BCUT2D eigenvalue weighted by atomic mass is 10.1. The Labute approximate surface area is 133 Å². The van der Waals surface area contributed by atoms with E-state index in [0.717, 1.165) is 12.8 Å². The molecule has 23 heavy (non-hydrogen) atoms. The molecule has 1 aromatic heterocycles. The maximum absolute atomic E-state index is 13.8. The lowest BCUT2D eigenvalue weighted by Gasteiger charge is -2.22. The largest absolute Gasteiger partial charge is 0.363 e. The van der Waals surface area contributed by atoms with E-state index in [1.165, 1.54) is 35.4 Å². The topological polar surface area (TPSA) is 75.4 Å². The van der Waals surface area contributed by atoms with E-state index in [-0.39, 0.29) is 17.9 Å². The molecule has 1 N–H and O–H groups in total. The molecule has 6 nitrogen and oxygen atoms in total. The van der Waals surface area contributed by atoms with Gasteiger partial charge in [0.25, 0.3) is 5.91 Å². The van der Waals surface area contributed by atoms with Gasteiger partial charge in [-0.1, -0.05) is 30.6 Å². The standard InChI is InChI=1S/C16H18FN3O3/c1-2-3-9-20(11-15(21)18-14-8-10-23-19-14)16(22)12-6-4-5-7-13(12)17/h4-8,10H,2-3,9,11H2,1H3,(H,18,19,21). The number of carbonyl (C=O) groups is 2. The Morgan fingerprint density at radius 2 is 2.09 bits per heavy atom. The number of unbranched alkanes of at least 4 members (excludes halogenated alkanes) is 1. The molecule has 0 atom stereocenters. The van der Waals surface area contributed by atoms with Gasteiger partial charge in [-0.2, -0.15) is 0 Å². The Balaban J connectivity index is 2.08. The molecular weight excluding hydrogens is 301 g/mol. The second kappa shape index (κ2) is 8.07. The van der Waals surface area contributed by atoms with E-state index in [2.05, 4.69) is 15.0 Å². The van der Waals surface area contributed by atoms with E-state index in [1.54, 1.807) is 6.07 Å². The number of nitrogens with one attached hydrogen (secondary N) is 1. The summed E-state index contributed by atoms with van der Waals surface area (Å²) in [5.74, 6) is -1.26. The van der Waals surface area contributed by atoms with Crippen molar-refractivity contribution in [2.75, 3.05) is 18.4 Å². The van der Waals surface area contributed by atoms with Crippen molar-refractivity contribution in [1.82, 2.24) is 10.1 Å². The molecule has 0 bridgehead atoms. The summed E-state index contributed by atoms with van der Waals surface area (Å²) in [4.78, 5) is 25.8. The third-order valence-corrected chi connectivity index (χ3v) is 3.21. The summed E-state index contributed by atoms with van der Waals surface area (Å²) in [5, 5.41) is 6.09. The zero-order chi connectivity index (χ0) is 16.7. The van der Waals surface area contributed by atoms with Gasteiger partial charge in [0.2, 0.25) is 5.91 Å². The van der Waals surface area contributed by atoms with Crippen LogP contribution in [0.4, 0.5) is 10.2 Å². The first-order chi connectivity index (χ1) is 11.1. The van der Waals surface area contributed by atoms with E-state index in [4.69, 9.17) is 0 Å². The van der Waals surface area contributed by atoms with Crippen LogP contribution in [-0.2, 0) is 4.79 Å². The summed E-state index contributed by atoms with van der Waals surface area (Å²) >= 11 is 0. The Morgan fingerprint density at radius 3 is 2.74 bits per heavy atom. The van der Waals surface area contributed by atoms with Crippen molar-refractivity contribution in [2.45, 2.75) is 19.8 Å². The van der Waals surface area contributed by atoms with Gasteiger partial charge >= 0.3 is 0 Å². The summed E-state index contributed by atoms with van der Waals surface area (Å²) in [6.45, 7) is 2.16. The van der Waals surface area contributed by atoms with Crippen molar-refractivity contribution in [3.63, 3.8) is 0 Å². The van der Waals surface area contributed by atoms with Crippen LogP contribution in [0, 0.1) is 5.82 Å². The third-order valence-electron chi connectivity index (χ3n) is 3.21. The number of amides is 2. The minimum absolute atomic E-state index is 0.0437. The highest BCUT2D eigenvalue weighted by atomic mass is 19.1. The molecule has 0 unspecified atom stereocenters. The van der Waals surface area contributed by atoms with Crippen LogP contribution in [0.25, 0.3) is 0 Å². The van der Waals surface area contributed by atoms with Crippen LogP contribution in [0.15, 0.2) is 41.1 Å². The molecule has 7 heteroatoms. The molecular formula is C16H18FN3O3. The Bertz CT molecular complexity index is 658. The molecule has 122 valence electrons. The highest BCUT2D eigenvalue weighted by molar-refractivity contribution is 5.99. The van der Waals surface area contributed by atoms with Crippen molar-refractivity contribution < 1.29 is 18.5 Å². The van der Waals surface area contributed by atoms with Gasteiger partial charge in [0.15, 0.2) is 5.82 Å². The molecule has 0 aliphatic rings. The minimum atomic E-state index is -0.601. The first kappa shape index (κ1) is 16.7. The minimum Gasteiger partial charge on any atom is -0.363 e. The van der Waals surface area contributed by atoms with Gasteiger partial charge in [-0.05, 0) is 18.6 Å². The van der Waals surface area contributed by atoms with E-state index in [9.17, 15) is 14.0 Å². The summed E-state index contributed by atoms with van der Waals surface area (Å²) in [6, 6.07) is 7.23. The van der Waals surface area contributed by atoms with Crippen LogP contribution in [0.5, 0.6) is 0 Å². The Hall–Kier alpha value is -2.70. The average molecular weight is 319 g/mol. The molecule has 0 aliphatic carbocycles. The SMILES string of the molecule is CCCCN(CC(=O)Nc1ccon1)C(=O)c1ccccc1F. The van der Waals surface area contributed by atoms with Crippen molar-refractivity contribution in [2.24, 2.45) is 0 Å². The Kier molecular flexibility index (Phi) is 5.85. The Morgan fingerprint density at radius 1 is 1.30 bits per heavy atom. The summed E-state index contributed by atoms with van der Waals surface area (Å²) in [6.07, 6.45) is 2.90. The number of rotatable bonds is 7. The van der Waals surface area contributed by atoms with E-state index in [0.29, 0.717) is 6.54 Å². The van der Waals surface area contributed by atoms with Crippen LogP contribution in [0.1, 0.15) is 30.1 Å². The van der Waals surface area contributed by atoms with E-state index in [1.807, 2.05) is 6.92 Å². The molecule has 1 heterocycles. The fourth-order valence-electron chi connectivity index (χ4n) is 2.04. The molecule has 0 fully saturated rings. The smallest absolute Gasteiger partial charge is 0.257 e. The van der Waals surface area contributed by atoms with Gasteiger partial charge in [0.1, 0.15) is 18.6 Å². The predicted molar refractivity (Wildman–Crippen MR) is 82.3 cm³/mol. The van der Waals surface area contributed by atoms with E-state index < -0.39 is 17.6 Å². The van der Waals surface area contributed by atoms with Gasteiger partial charge < -0.3 is 14.7 Å². The first-order valence-electron chi connectivity index (χ1n) is 7.36. The lowest BCUT2D eigenvalue weighted by Crippen LogP contribution is -2.39. The molecule has 0 radical (unpaired) electrons. The van der Waals surface area contributed by atoms with Gasteiger partial charge in [-0.15, -0.1) is 0 Å². The third kappa shape index (κ3) is 4.64. The van der Waals surface area contributed by atoms with Crippen molar-refractivity contribution >= 4 is 17.6 Å².